The summed E-state index contributed by atoms with van der Waals surface area (Å²) in [5.74, 6) is 1.29. The highest BCUT2D eigenvalue weighted by atomic mass is 16.5. The molecule has 1 N–H and O–H groups in total. The molecule has 0 aliphatic rings. The first kappa shape index (κ1) is 13.5. The van der Waals surface area contributed by atoms with Gasteiger partial charge in [-0.25, -0.2) is 0 Å². The Bertz CT molecular complexity index is 527. The summed E-state index contributed by atoms with van der Waals surface area (Å²) < 4.78 is 5.54. The standard InChI is InChI=1S/C13H18N4O2/c1-3-7-19-11-6-4-5-10(8-11)12(18)9-13-14-16-17(2)15-13/h4-6,8,12,18H,3,7,9H2,1-2H3. The van der Waals surface area contributed by atoms with Gasteiger partial charge >= 0.3 is 0 Å². The number of aryl methyl sites for hydroxylation is 1. The zero-order valence-corrected chi connectivity index (χ0v) is 11.2. The van der Waals surface area contributed by atoms with Crippen LogP contribution < -0.4 is 4.74 Å². The number of benzene rings is 1. The summed E-state index contributed by atoms with van der Waals surface area (Å²) in [6, 6.07) is 7.45. The Balaban J connectivity index is 2.03. The third kappa shape index (κ3) is 3.75. The van der Waals surface area contributed by atoms with E-state index in [0.717, 1.165) is 17.7 Å². The lowest BCUT2D eigenvalue weighted by molar-refractivity contribution is 0.175. The maximum Gasteiger partial charge on any atom is 0.177 e. The molecule has 0 fully saturated rings. The summed E-state index contributed by atoms with van der Waals surface area (Å²) in [6.45, 7) is 2.73. The predicted octanol–water partition coefficient (Wildman–Crippen LogP) is 1.27. The number of nitrogens with zero attached hydrogens (tertiary/aromatic N) is 4. The molecular formula is C13H18N4O2. The van der Waals surface area contributed by atoms with Crippen LogP contribution >= 0.6 is 0 Å². The quantitative estimate of drug-likeness (QED) is 0.848. The van der Waals surface area contributed by atoms with E-state index in [-0.39, 0.29) is 0 Å². The summed E-state index contributed by atoms with van der Waals surface area (Å²) in [6.07, 6.45) is 0.635. The van der Waals surface area contributed by atoms with Crippen LogP contribution in [0.25, 0.3) is 0 Å². The number of aliphatic hydroxyl groups excluding tert-OH is 1. The van der Waals surface area contributed by atoms with Crippen LogP contribution in [0.2, 0.25) is 0 Å². The molecule has 6 heteroatoms. The van der Waals surface area contributed by atoms with Gasteiger partial charge in [0.15, 0.2) is 5.82 Å². The monoisotopic (exact) mass is 262 g/mol. The molecule has 1 aromatic heterocycles. The molecule has 2 rings (SSSR count). The highest BCUT2D eigenvalue weighted by molar-refractivity contribution is 5.30. The lowest BCUT2D eigenvalue weighted by Crippen LogP contribution is -2.04. The van der Waals surface area contributed by atoms with Crippen LogP contribution in [0.5, 0.6) is 5.75 Å². The van der Waals surface area contributed by atoms with E-state index in [2.05, 4.69) is 22.3 Å². The fourth-order valence-electron chi connectivity index (χ4n) is 1.73. The van der Waals surface area contributed by atoms with E-state index in [9.17, 15) is 5.11 Å². The molecule has 102 valence electrons. The summed E-state index contributed by atoms with van der Waals surface area (Å²) in [5, 5.41) is 21.8. The smallest absolute Gasteiger partial charge is 0.177 e. The van der Waals surface area contributed by atoms with Crippen LogP contribution in [0.3, 0.4) is 0 Å². The fraction of sp³-hybridized carbons (Fsp3) is 0.462. The third-order valence-corrected chi connectivity index (χ3v) is 2.64. The molecular weight excluding hydrogens is 244 g/mol. The Morgan fingerprint density at radius 2 is 2.26 bits per heavy atom. The lowest BCUT2D eigenvalue weighted by atomic mass is 10.1. The molecule has 1 heterocycles. The summed E-state index contributed by atoms with van der Waals surface area (Å²) in [4.78, 5) is 1.38. The van der Waals surface area contributed by atoms with Crippen molar-refractivity contribution in [2.75, 3.05) is 6.61 Å². The van der Waals surface area contributed by atoms with Gasteiger partial charge in [0.05, 0.1) is 19.8 Å². The third-order valence-electron chi connectivity index (χ3n) is 2.64. The van der Waals surface area contributed by atoms with Crippen molar-refractivity contribution >= 4 is 0 Å². The molecule has 0 aliphatic carbocycles. The number of tetrazole rings is 1. The van der Waals surface area contributed by atoms with Crippen molar-refractivity contribution in [2.24, 2.45) is 7.05 Å². The van der Waals surface area contributed by atoms with Crippen molar-refractivity contribution in [1.29, 1.82) is 0 Å². The molecule has 0 saturated carbocycles. The minimum absolute atomic E-state index is 0.338. The number of rotatable bonds is 6. The van der Waals surface area contributed by atoms with Crippen LogP contribution in [0.15, 0.2) is 24.3 Å². The maximum atomic E-state index is 10.2. The van der Waals surface area contributed by atoms with E-state index in [1.807, 2.05) is 24.3 Å². The van der Waals surface area contributed by atoms with Crippen molar-refractivity contribution in [3.05, 3.63) is 35.7 Å². The average molecular weight is 262 g/mol. The predicted molar refractivity (Wildman–Crippen MR) is 69.7 cm³/mol. The first-order valence-corrected chi connectivity index (χ1v) is 6.32. The molecule has 1 atom stereocenters. The van der Waals surface area contributed by atoms with Gasteiger partial charge in [0.25, 0.3) is 0 Å². The number of aromatic nitrogens is 4. The van der Waals surface area contributed by atoms with Crippen molar-refractivity contribution in [2.45, 2.75) is 25.9 Å². The second kappa shape index (κ2) is 6.29. The molecule has 0 radical (unpaired) electrons. The second-order valence-electron chi connectivity index (χ2n) is 4.34. The molecule has 0 spiro atoms. The minimum Gasteiger partial charge on any atom is -0.494 e. The lowest BCUT2D eigenvalue weighted by Gasteiger charge is -2.11. The Labute approximate surface area is 112 Å². The molecule has 6 nitrogen and oxygen atoms in total. The van der Waals surface area contributed by atoms with Crippen LogP contribution in [0, 0.1) is 0 Å². The Morgan fingerprint density at radius 3 is 2.95 bits per heavy atom. The minimum atomic E-state index is -0.658. The van der Waals surface area contributed by atoms with E-state index in [0.29, 0.717) is 18.9 Å². The normalized spacial score (nSPS) is 12.4. The van der Waals surface area contributed by atoms with Crippen molar-refractivity contribution in [3.63, 3.8) is 0 Å². The number of hydrogen-bond donors (Lipinski definition) is 1. The molecule has 1 unspecified atom stereocenters. The average Bonchev–Trinajstić information content (AvgIpc) is 2.82. The maximum absolute atomic E-state index is 10.2. The van der Waals surface area contributed by atoms with E-state index in [1.54, 1.807) is 7.05 Å². The van der Waals surface area contributed by atoms with Crippen LogP contribution in [0.4, 0.5) is 0 Å². The zero-order chi connectivity index (χ0) is 13.7. The molecule has 0 aliphatic heterocycles. The summed E-state index contributed by atoms with van der Waals surface area (Å²) in [5.41, 5.74) is 0.793. The van der Waals surface area contributed by atoms with Gasteiger partial charge in [-0.1, -0.05) is 19.1 Å². The molecule has 2 aromatic rings. The van der Waals surface area contributed by atoms with Gasteiger partial charge in [-0.15, -0.1) is 10.2 Å². The first-order chi connectivity index (χ1) is 9.19. The van der Waals surface area contributed by atoms with Gasteiger partial charge in [0.1, 0.15) is 5.75 Å². The van der Waals surface area contributed by atoms with E-state index in [4.69, 9.17) is 4.74 Å². The van der Waals surface area contributed by atoms with Gasteiger partial charge in [0.2, 0.25) is 0 Å². The molecule has 0 saturated heterocycles. The highest BCUT2D eigenvalue weighted by Gasteiger charge is 2.12. The van der Waals surface area contributed by atoms with Gasteiger partial charge in [-0.05, 0) is 29.3 Å². The molecule has 0 amide bonds. The Morgan fingerprint density at radius 1 is 1.42 bits per heavy atom. The summed E-state index contributed by atoms with van der Waals surface area (Å²) >= 11 is 0. The molecule has 1 aromatic carbocycles. The van der Waals surface area contributed by atoms with Gasteiger partial charge < -0.3 is 9.84 Å². The van der Waals surface area contributed by atoms with Crippen LogP contribution in [-0.4, -0.2) is 31.9 Å². The van der Waals surface area contributed by atoms with Crippen molar-refractivity contribution in [1.82, 2.24) is 20.2 Å². The Kier molecular flexibility index (Phi) is 4.46. The van der Waals surface area contributed by atoms with Crippen molar-refractivity contribution in [3.8, 4) is 5.75 Å². The second-order valence-corrected chi connectivity index (χ2v) is 4.34. The first-order valence-electron chi connectivity index (χ1n) is 6.32. The van der Waals surface area contributed by atoms with E-state index < -0.39 is 6.10 Å². The van der Waals surface area contributed by atoms with E-state index >= 15 is 0 Å². The molecule has 0 bridgehead atoms. The van der Waals surface area contributed by atoms with Crippen molar-refractivity contribution < 1.29 is 9.84 Å². The van der Waals surface area contributed by atoms with Gasteiger partial charge in [0, 0.05) is 6.42 Å². The zero-order valence-electron chi connectivity index (χ0n) is 11.2. The van der Waals surface area contributed by atoms with Gasteiger partial charge in [-0.3, -0.25) is 0 Å². The molecule has 19 heavy (non-hydrogen) atoms. The van der Waals surface area contributed by atoms with Crippen LogP contribution in [0.1, 0.15) is 30.8 Å². The largest absolute Gasteiger partial charge is 0.494 e. The Hall–Kier alpha value is -1.95. The number of ether oxygens (including phenoxy) is 1. The SMILES string of the molecule is CCCOc1cccc(C(O)Cc2nnn(C)n2)c1. The number of aliphatic hydroxyl groups is 1. The van der Waals surface area contributed by atoms with Crippen LogP contribution in [-0.2, 0) is 13.5 Å². The topological polar surface area (TPSA) is 73.1 Å². The fourth-order valence-corrected chi connectivity index (χ4v) is 1.73. The number of hydrogen-bond acceptors (Lipinski definition) is 5. The van der Waals surface area contributed by atoms with E-state index in [1.165, 1.54) is 4.80 Å². The summed E-state index contributed by atoms with van der Waals surface area (Å²) in [7, 11) is 1.70. The van der Waals surface area contributed by atoms with Gasteiger partial charge in [-0.2, -0.15) is 4.80 Å². The highest BCUT2D eigenvalue weighted by Crippen LogP contribution is 2.21.